The van der Waals surface area contributed by atoms with Crippen LogP contribution in [-0.4, -0.2) is 30.1 Å². The second-order valence-corrected chi connectivity index (χ2v) is 11.1. The van der Waals surface area contributed by atoms with Gasteiger partial charge in [0.25, 0.3) is 0 Å². The number of aromatic nitrogens is 2. The van der Waals surface area contributed by atoms with Crippen molar-refractivity contribution in [3.8, 4) is 0 Å². The Labute approximate surface area is 191 Å². The molecule has 1 amide bonds. The van der Waals surface area contributed by atoms with Crippen LogP contribution in [0.15, 0.2) is 48.5 Å². The molecule has 2 aromatic carbocycles. The van der Waals surface area contributed by atoms with Crippen molar-refractivity contribution in [1.29, 1.82) is 0 Å². The Kier molecular flexibility index (Phi) is 7.39. The van der Waals surface area contributed by atoms with Gasteiger partial charge in [0.15, 0.2) is 9.84 Å². The highest BCUT2D eigenvalue weighted by Gasteiger charge is 2.21. The van der Waals surface area contributed by atoms with Gasteiger partial charge in [0.05, 0.1) is 17.1 Å². The first kappa shape index (κ1) is 24.0. The van der Waals surface area contributed by atoms with Gasteiger partial charge < -0.3 is 9.88 Å². The fourth-order valence-corrected chi connectivity index (χ4v) is 4.60. The van der Waals surface area contributed by atoms with Crippen LogP contribution in [0.3, 0.4) is 0 Å². The quantitative estimate of drug-likeness (QED) is 0.511. The molecule has 0 radical (unpaired) electrons. The van der Waals surface area contributed by atoms with E-state index in [9.17, 15) is 13.2 Å². The third kappa shape index (κ3) is 5.76. The van der Waals surface area contributed by atoms with Gasteiger partial charge in [0, 0.05) is 6.26 Å². The minimum absolute atomic E-state index is 0.0134. The van der Waals surface area contributed by atoms with Crippen LogP contribution in [-0.2, 0) is 26.9 Å². The first-order chi connectivity index (χ1) is 15.1. The highest BCUT2D eigenvalue weighted by molar-refractivity contribution is 7.89. The summed E-state index contributed by atoms with van der Waals surface area (Å²) in [6, 6.07) is 15.7. The molecule has 172 valence electrons. The monoisotopic (exact) mass is 455 g/mol. The lowest BCUT2D eigenvalue weighted by atomic mass is 9.92. The average Bonchev–Trinajstić information content (AvgIpc) is 3.06. The zero-order valence-corrected chi connectivity index (χ0v) is 20.3. The van der Waals surface area contributed by atoms with Crippen LogP contribution in [0.1, 0.15) is 63.0 Å². The Morgan fingerprint density at radius 1 is 1.03 bits per heavy atom. The number of carbonyl (C=O) groups is 1. The standard InChI is InChI=1S/C25H33N3O3S/c1-6-18(4)19-11-13-20(14-12-19)25(17(2)3)27-24(29)15-28-22-10-8-7-9-21(22)26-23(28)16-32(5,30)31/h7-14,17-18,25H,6,15-16H2,1-5H3,(H,27,29). The normalized spacial score (nSPS) is 13.9. The van der Waals surface area contributed by atoms with E-state index in [-0.39, 0.29) is 30.2 Å². The number of nitrogens with zero attached hydrogens (tertiary/aromatic N) is 2. The Hall–Kier alpha value is -2.67. The van der Waals surface area contributed by atoms with Crippen LogP contribution >= 0.6 is 0 Å². The van der Waals surface area contributed by atoms with Gasteiger partial charge in [0.2, 0.25) is 5.91 Å². The molecule has 0 aliphatic carbocycles. The smallest absolute Gasteiger partial charge is 0.240 e. The maximum Gasteiger partial charge on any atom is 0.240 e. The van der Waals surface area contributed by atoms with E-state index in [0.717, 1.165) is 17.5 Å². The molecule has 0 fully saturated rings. The molecule has 2 atom stereocenters. The molecule has 6 nitrogen and oxygen atoms in total. The van der Waals surface area contributed by atoms with Crippen LogP contribution in [0.5, 0.6) is 0 Å². The van der Waals surface area contributed by atoms with Crippen molar-refractivity contribution >= 4 is 26.8 Å². The number of hydrogen-bond acceptors (Lipinski definition) is 4. The highest BCUT2D eigenvalue weighted by atomic mass is 32.2. The maximum atomic E-state index is 13.1. The largest absolute Gasteiger partial charge is 0.347 e. The first-order valence-electron chi connectivity index (χ1n) is 11.1. The zero-order chi connectivity index (χ0) is 23.5. The lowest BCUT2D eigenvalue weighted by Crippen LogP contribution is -2.34. The molecule has 3 aromatic rings. The van der Waals surface area contributed by atoms with E-state index >= 15 is 0 Å². The molecule has 32 heavy (non-hydrogen) atoms. The topological polar surface area (TPSA) is 81.1 Å². The molecule has 1 N–H and O–H groups in total. The summed E-state index contributed by atoms with van der Waals surface area (Å²) in [6.45, 7) is 8.55. The number of fused-ring (bicyclic) bond motifs is 1. The second-order valence-electron chi connectivity index (χ2n) is 8.94. The number of carbonyl (C=O) groups excluding carboxylic acids is 1. The summed E-state index contributed by atoms with van der Waals surface area (Å²) >= 11 is 0. The molecule has 1 heterocycles. The van der Waals surface area contributed by atoms with Crippen LogP contribution in [0, 0.1) is 5.92 Å². The number of imidazole rings is 1. The Morgan fingerprint density at radius 2 is 1.66 bits per heavy atom. The fourth-order valence-electron chi connectivity index (χ4n) is 3.91. The van der Waals surface area contributed by atoms with Crippen molar-refractivity contribution in [3.05, 3.63) is 65.5 Å². The van der Waals surface area contributed by atoms with Crippen LogP contribution in [0.2, 0.25) is 0 Å². The predicted octanol–water partition coefficient (Wildman–Crippen LogP) is 4.61. The van der Waals surface area contributed by atoms with Gasteiger partial charge in [-0.3, -0.25) is 4.79 Å². The number of rotatable bonds is 9. The number of nitrogens with one attached hydrogen (secondary N) is 1. The average molecular weight is 456 g/mol. The lowest BCUT2D eigenvalue weighted by molar-refractivity contribution is -0.122. The second kappa shape index (κ2) is 9.86. The lowest BCUT2D eigenvalue weighted by Gasteiger charge is -2.24. The molecule has 0 saturated carbocycles. The molecule has 0 saturated heterocycles. The summed E-state index contributed by atoms with van der Waals surface area (Å²) in [7, 11) is -3.29. The number of amides is 1. The Bertz CT molecular complexity index is 1180. The van der Waals surface area contributed by atoms with E-state index in [4.69, 9.17) is 0 Å². The predicted molar refractivity (Wildman–Crippen MR) is 129 cm³/mol. The minimum atomic E-state index is -3.29. The molecule has 1 aromatic heterocycles. The summed E-state index contributed by atoms with van der Waals surface area (Å²) in [6.07, 6.45) is 2.26. The van der Waals surface area contributed by atoms with Crippen molar-refractivity contribution < 1.29 is 13.2 Å². The third-order valence-corrected chi connectivity index (χ3v) is 6.67. The van der Waals surface area contributed by atoms with Crippen molar-refractivity contribution in [1.82, 2.24) is 14.9 Å². The van der Waals surface area contributed by atoms with Gasteiger partial charge in [-0.25, -0.2) is 13.4 Å². The molecule has 7 heteroatoms. The van der Waals surface area contributed by atoms with Crippen LogP contribution in [0.25, 0.3) is 11.0 Å². The fraction of sp³-hybridized carbons (Fsp3) is 0.440. The number of benzene rings is 2. The van der Waals surface area contributed by atoms with E-state index in [2.05, 4.69) is 62.3 Å². The van der Waals surface area contributed by atoms with Crippen molar-refractivity contribution in [2.45, 2.75) is 58.4 Å². The summed E-state index contributed by atoms with van der Waals surface area (Å²) in [5, 5.41) is 3.15. The molecular formula is C25H33N3O3S. The van der Waals surface area contributed by atoms with E-state index in [0.29, 0.717) is 17.3 Å². The molecule has 2 unspecified atom stereocenters. The molecular weight excluding hydrogens is 422 g/mol. The number of hydrogen-bond donors (Lipinski definition) is 1. The Balaban J connectivity index is 1.84. The minimum Gasteiger partial charge on any atom is -0.347 e. The summed E-state index contributed by atoms with van der Waals surface area (Å²) < 4.78 is 25.5. The molecule has 0 bridgehead atoms. The maximum absolute atomic E-state index is 13.1. The van der Waals surface area contributed by atoms with E-state index < -0.39 is 9.84 Å². The number of para-hydroxylation sites is 2. The van der Waals surface area contributed by atoms with E-state index in [1.165, 1.54) is 11.8 Å². The van der Waals surface area contributed by atoms with Gasteiger partial charge >= 0.3 is 0 Å². The van der Waals surface area contributed by atoms with Gasteiger partial charge in [-0.05, 0) is 41.5 Å². The molecule has 0 spiro atoms. The summed E-state index contributed by atoms with van der Waals surface area (Å²) in [4.78, 5) is 17.5. The molecule has 0 aliphatic rings. The van der Waals surface area contributed by atoms with E-state index in [1.54, 1.807) is 4.57 Å². The molecule has 3 rings (SSSR count). The van der Waals surface area contributed by atoms with Crippen molar-refractivity contribution in [2.24, 2.45) is 5.92 Å². The SMILES string of the molecule is CCC(C)c1ccc(C(NC(=O)Cn2c(CS(C)(=O)=O)nc3ccccc32)C(C)C)cc1. The van der Waals surface area contributed by atoms with Crippen LogP contribution < -0.4 is 5.32 Å². The van der Waals surface area contributed by atoms with Gasteiger partial charge in [-0.1, -0.05) is 64.1 Å². The summed E-state index contributed by atoms with van der Waals surface area (Å²) in [5.41, 5.74) is 3.79. The summed E-state index contributed by atoms with van der Waals surface area (Å²) in [5.74, 6) is 0.692. The Morgan fingerprint density at radius 3 is 2.25 bits per heavy atom. The zero-order valence-electron chi connectivity index (χ0n) is 19.5. The highest BCUT2D eigenvalue weighted by Crippen LogP contribution is 2.25. The van der Waals surface area contributed by atoms with Gasteiger partial charge in [-0.15, -0.1) is 0 Å². The molecule has 0 aliphatic heterocycles. The third-order valence-electron chi connectivity index (χ3n) is 5.89. The van der Waals surface area contributed by atoms with Gasteiger partial charge in [0.1, 0.15) is 18.1 Å². The number of sulfone groups is 1. The van der Waals surface area contributed by atoms with Crippen molar-refractivity contribution in [2.75, 3.05) is 6.26 Å². The first-order valence-corrected chi connectivity index (χ1v) is 13.2. The van der Waals surface area contributed by atoms with Gasteiger partial charge in [-0.2, -0.15) is 0 Å². The van der Waals surface area contributed by atoms with E-state index in [1.807, 2.05) is 24.3 Å². The van der Waals surface area contributed by atoms with Crippen LogP contribution in [0.4, 0.5) is 0 Å². The van der Waals surface area contributed by atoms with Crippen molar-refractivity contribution in [3.63, 3.8) is 0 Å².